The number of alkyl halides is 3. The Balaban J connectivity index is 1.44. The summed E-state index contributed by atoms with van der Waals surface area (Å²) in [5.74, 6) is 0.763. The molecule has 0 aliphatic heterocycles. The fourth-order valence-electron chi connectivity index (χ4n) is 3.49. The minimum Gasteiger partial charge on any atom is -0.372 e. The molecule has 1 atom stereocenters. The Morgan fingerprint density at radius 2 is 2.03 bits per heavy atom. The largest absolute Gasteiger partial charge is 0.433 e. The van der Waals surface area contributed by atoms with E-state index >= 15 is 0 Å². The van der Waals surface area contributed by atoms with Gasteiger partial charge in [-0.25, -0.2) is 9.97 Å². The van der Waals surface area contributed by atoms with E-state index in [-0.39, 0.29) is 24.6 Å². The van der Waals surface area contributed by atoms with Gasteiger partial charge < -0.3 is 30.1 Å². The van der Waals surface area contributed by atoms with Crippen molar-refractivity contribution >= 4 is 17.5 Å². The van der Waals surface area contributed by atoms with E-state index in [4.69, 9.17) is 4.52 Å². The Labute approximate surface area is 208 Å². The van der Waals surface area contributed by atoms with E-state index in [1.165, 1.54) is 17.0 Å². The lowest BCUT2D eigenvalue weighted by molar-refractivity contribution is -0.141. The lowest BCUT2D eigenvalue weighted by Crippen LogP contribution is -2.30. The Hall–Kier alpha value is -4.46. The van der Waals surface area contributed by atoms with Crippen LogP contribution < -0.4 is 16.0 Å². The number of carbonyl (C=O) groups excluding carboxylic acids is 1. The summed E-state index contributed by atoms with van der Waals surface area (Å²) >= 11 is 0. The first-order valence-electron chi connectivity index (χ1n) is 11.0. The number of rotatable bonds is 9. The number of aromatic nitrogens is 5. The lowest BCUT2D eigenvalue weighted by atomic mass is 10.2. The number of anilines is 2. The molecule has 0 aliphatic rings. The molecule has 0 bridgehead atoms. The van der Waals surface area contributed by atoms with Crippen LogP contribution in [-0.2, 0) is 19.3 Å². The quantitative estimate of drug-likeness (QED) is 0.247. The van der Waals surface area contributed by atoms with E-state index in [1.807, 2.05) is 0 Å². The fourth-order valence-corrected chi connectivity index (χ4v) is 3.49. The Bertz CT molecular complexity index is 1370. The van der Waals surface area contributed by atoms with Crippen LogP contribution in [-0.4, -0.2) is 49.0 Å². The minimum atomic E-state index is -4.54. The number of aliphatic hydroxyl groups excluding tert-OH is 1. The third kappa shape index (κ3) is 6.22. The smallest absolute Gasteiger partial charge is 0.372 e. The zero-order valence-corrected chi connectivity index (χ0v) is 19.7. The van der Waals surface area contributed by atoms with Crippen LogP contribution >= 0.6 is 0 Å². The first kappa shape index (κ1) is 25.6. The van der Waals surface area contributed by atoms with Gasteiger partial charge in [-0.05, 0) is 31.2 Å². The molecule has 1 unspecified atom stereocenters. The molecule has 0 saturated carbocycles. The molecule has 0 aliphatic carbocycles. The lowest BCUT2D eigenvalue weighted by Gasteiger charge is -2.17. The topological polar surface area (TPSA) is 143 Å². The second-order valence-electron chi connectivity index (χ2n) is 7.95. The van der Waals surface area contributed by atoms with Crippen molar-refractivity contribution in [1.82, 2.24) is 30.0 Å². The van der Waals surface area contributed by atoms with Crippen LogP contribution in [0.25, 0.3) is 11.3 Å². The summed E-state index contributed by atoms with van der Waals surface area (Å²) in [5, 5.41) is 22.9. The van der Waals surface area contributed by atoms with Crippen molar-refractivity contribution in [2.75, 3.05) is 17.7 Å². The third-order valence-electron chi connectivity index (χ3n) is 5.18. The number of imidazole rings is 1. The highest BCUT2D eigenvalue weighted by molar-refractivity contribution is 5.97. The summed E-state index contributed by atoms with van der Waals surface area (Å²) in [6.45, 7) is 1.82. The van der Waals surface area contributed by atoms with Gasteiger partial charge >= 0.3 is 6.18 Å². The van der Waals surface area contributed by atoms with Crippen molar-refractivity contribution in [3.05, 3.63) is 71.8 Å². The zero-order chi connectivity index (χ0) is 26.6. The third-order valence-corrected chi connectivity index (χ3v) is 5.18. The summed E-state index contributed by atoms with van der Waals surface area (Å²) in [7, 11) is 1.62. The number of pyridine rings is 2. The van der Waals surface area contributed by atoms with Gasteiger partial charge in [0.1, 0.15) is 29.2 Å². The molecular weight excluding hydrogens is 493 g/mol. The van der Waals surface area contributed by atoms with Crippen LogP contribution in [0.3, 0.4) is 0 Å². The number of carbonyl (C=O) groups is 1. The molecule has 4 aromatic heterocycles. The summed E-state index contributed by atoms with van der Waals surface area (Å²) in [6, 6.07) is 8.68. The molecule has 0 saturated heterocycles. The number of hydrogen-bond donors (Lipinski definition) is 4. The van der Waals surface area contributed by atoms with E-state index in [1.54, 1.807) is 38.2 Å². The standard InChI is InChI=1S/C23H23F3N8O3/c1-13-8-15(33-37-13)10-29-22(36)20-21(27-2)30-12-34(20)11-19(35)32-18-5-3-4-16(31-18)14-6-7-17(28-9-14)23(24,25)26/h3-9,12,19,27,35H,10-11H2,1-2H3,(H,29,36)(H,31,32). The molecular formula is C23H23F3N8O3. The number of amides is 1. The fraction of sp³-hybridized carbons (Fsp3) is 0.261. The van der Waals surface area contributed by atoms with E-state index < -0.39 is 24.0 Å². The van der Waals surface area contributed by atoms with Crippen molar-refractivity contribution in [2.24, 2.45) is 0 Å². The molecule has 1 amide bonds. The average molecular weight is 516 g/mol. The summed E-state index contributed by atoms with van der Waals surface area (Å²) in [5.41, 5.74) is 0.487. The van der Waals surface area contributed by atoms with Crippen LogP contribution in [0.15, 0.2) is 53.4 Å². The van der Waals surface area contributed by atoms with Crippen LogP contribution in [0.2, 0.25) is 0 Å². The predicted molar refractivity (Wildman–Crippen MR) is 126 cm³/mol. The molecule has 11 nitrogen and oxygen atoms in total. The Morgan fingerprint density at radius 3 is 2.68 bits per heavy atom. The highest BCUT2D eigenvalue weighted by Gasteiger charge is 2.32. The number of nitrogens with zero attached hydrogens (tertiary/aromatic N) is 5. The van der Waals surface area contributed by atoms with E-state index in [0.717, 1.165) is 12.3 Å². The van der Waals surface area contributed by atoms with Gasteiger partial charge in [0.2, 0.25) is 0 Å². The second kappa shape index (κ2) is 10.7. The van der Waals surface area contributed by atoms with E-state index in [2.05, 4.69) is 36.1 Å². The first-order valence-corrected chi connectivity index (χ1v) is 11.0. The van der Waals surface area contributed by atoms with Crippen LogP contribution in [0.5, 0.6) is 0 Å². The Kier molecular flexibility index (Phi) is 7.38. The maximum atomic E-state index is 12.9. The summed E-state index contributed by atoms with van der Waals surface area (Å²) < 4.78 is 44.8. The highest BCUT2D eigenvalue weighted by atomic mass is 19.4. The second-order valence-corrected chi connectivity index (χ2v) is 7.95. The molecule has 14 heteroatoms. The monoisotopic (exact) mass is 516 g/mol. The Morgan fingerprint density at radius 1 is 1.22 bits per heavy atom. The van der Waals surface area contributed by atoms with Gasteiger partial charge in [0.15, 0.2) is 11.5 Å². The number of hydrogen-bond acceptors (Lipinski definition) is 9. The van der Waals surface area contributed by atoms with Crippen molar-refractivity contribution in [2.45, 2.75) is 32.4 Å². The molecule has 4 aromatic rings. The maximum Gasteiger partial charge on any atom is 0.433 e. The normalized spacial score (nSPS) is 12.3. The van der Waals surface area contributed by atoms with Crippen LogP contribution in [0, 0.1) is 6.92 Å². The van der Waals surface area contributed by atoms with E-state index in [9.17, 15) is 23.1 Å². The first-order chi connectivity index (χ1) is 17.6. The van der Waals surface area contributed by atoms with Crippen LogP contribution in [0.1, 0.15) is 27.6 Å². The predicted octanol–water partition coefficient (Wildman–Crippen LogP) is 3.06. The molecule has 4 N–H and O–H groups in total. The van der Waals surface area contributed by atoms with Crippen molar-refractivity contribution in [3.63, 3.8) is 0 Å². The molecule has 194 valence electrons. The SMILES string of the molecule is CNc1ncn(CC(O)Nc2cccc(-c3ccc(C(F)(F)F)nc3)n2)c1C(=O)NCc1cc(C)on1. The average Bonchev–Trinajstić information content (AvgIpc) is 3.47. The van der Waals surface area contributed by atoms with Gasteiger partial charge in [-0.15, -0.1) is 0 Å². The van der Waals surface area contributed by atoms with Crippen molar-refractivity contribution < 1.29 is 27.6 Å². The number of aliphatic hydroxyl groups is 1. The summed E-state index contributed by atoms with van der Waals surface area (Å²) in [6.07, 6.45) is -3.23. The van der Waals surface area contributed by atoms with E-state index in [0.29, 0.717) is 28.5 Å². The maximum absolute atomic E-state index is 12.9. The zero-order valence-electron chi connectivity index (χ0n) is 19.7. The molecule has 0 fully saturated rings. The number of aryl methyl sites for hydroxylation is 1. The number of nitrogens with one attached hydrogen (secondary N) is 3. The molecule has 4 heterocycles. The molecule has 0 aromatic carbocycles. The van der Waals surface area contributed by atoms with Gasteiger partial charge in [-0.1, -0.05) is 11.2 Å². The summed E-state index contributed by atoms with van der Waals surface area (Å²) in [4.78, 5) is 24.8. The molecule has 0 radical (unpaired) electrons. The van der Waals surface area contributed by atoms with Gasteiger partial charge in [-0.2, -0.15) is 13.2 Å². The minimum absolute atomic E-state index is 0.0613. The molecule has 37 heavy (non-hydrogen) atoms. The van der Waals surface area contributed by atoms with Gasteiger partial charge in [0, 0.05) is 24.9 Å². The van der Waals surface area contributed by atoms with Crippen molar-refractivity contribution in [3.8, 4) is 11.3 Å². The van der Waals surface area contributed by atoms with Crippen LogP contribution in [0.4, 0.5) is 24.8 Å². The van der Waals surface area contributed by atoms with Gasteiger partial charge in [0.05, 0.1) is 25.1 Å². The van der Waals surface area contributed by atoms with Gasteiger partial charge in [-0.3, -0.25) is 9.78 Å². The highest BCUT2D eigenvalue weighted by Crippen LogP contribution is 2.29. The molecule has 4 rings (SSSR count). The van der Waals surface area contributed by atoms with Crippen molar-refractivity contribution in [1.29, 1.82) is 0 Å². The molecule has 0 spiro atoms. The van der Waals surface area contributed by atoms with Gasteiger partial charge in [0.25, 0.3) is 5.91 Å². The number of halogens is 3.